The van der Waals surface area contributed by atoms with Crippen molar-refractivity contribution in [1.82, 2.24) is 0 Å². The Bertz CT molecular complexity index is 4050. The highest BCUT2D eigenvalue weighted by molar-refractivity contribution is 6.21. The summed E-state index contributed by atoms with van der Waals surface area (Å²) in [5.74, 6) is 0. The molecule has 2 heterocycles. The highest BCUT2D eigenvalue weighted by atomic mass is 16.3. The summed E-state index contributed by atoms with van der Waals surface area (Å²) in [6.07, 6.45) is 0. The number of anilines is 3. The summed E-state index contributed by atoms with van der Waals surface area (Å²) < 4.78 is 13.8. The molecule has 70 heavy (non-hydrogen) atoms. The first-order valence-corrected chi connectivity index (χ1v) is 25.0. The molecule has 0 aliphatic heterocycles. The molecule has 0 atom stereocenters. The Kier molecular flexibility index (Phi) is 8.15. The lowest BCUT2D eigenvalue weighted by atomic mass is 9.72. The Morgan fingerprint density at radius 1 is 0.386 bits per heavy atom. The van der Waals surface area contributed by atoms with E-state index >= 15 is 0 Å². The van der Waals surface area contributed by atoms with Gasteiger partial charge in [-0.05, 0) is 132 Å². The molecule has 0 amide bonds. The number of para-hydroxylation sites is 2. The summed E-state index contributed by atoms with van der Waals surface area (Å²) in [4.78, 5) is 2.50. The minimum Gasteiger partial charge on any atom is -0.455 e. The topological polar surface area (TPSA) is 29.5 Å². The van der Waals surface area contributed by atoms with Gasteiger partial charge in [0, 0.05) is 66.0 Å². The van der Waals surface area contributed by atoms with E-state index in [1.807, 2.05) is 0 Å². The fourth-order valence-corrected chi connectivity index (χ4v) is 13.3. The van der Waals surface area contributed by atoms with Crippen molar-refractivity contribution < 1.29 is 8.83 Å². The molecule has 0 N–H and O–H groups in total. The maximum absolute atomic E-state index is 7.00. The van der Waals surface area contributed by atoms with Gasteiger partial charge in [-0.15, -0.1) is 0 Å². The molecule has 2 aromatic heterocycles. The van der Waals surface area contributed by atoms with Gasteiger partial charge >= 0.3 is 0 Å². The second kappa shape index (κ2) is 13.8. The van der Waals surface area contributed by atoms with E-state index in [9.17, 15) is 0 Å². The summed E-state index contributed by atoms with van der Waals surface area (Å²) in [5.41, 5.74) is 25.8. The molecule has 0 saturated heterocycles. The number of rotatable bonds is 4. The zero-order chi connectivity index (χ0) is 47.8. The molecule has 11 aromatic rings. The predicted molar refractivity (Wildman–Crippen MR) is 293 cm³/mol. The first-order valence-electron chi connectivity index (χ1n) is 25.0. The van der Waals surface area contributed by atoms with Crippen LogP contribution in [0.5, 0.6) is 0 Å². The van der Waals surface area contributed by atoms with Gasteiger partial charge in [0.2, 0.25) is 0 Å². The highest BCUT2D eigenvalue weighted by Crippen LogP contribution is 2.64. The summed E-state index contributed by atoms with van der Waals surface area (Å²) in [6, 6.07) is 63.1. The largest absolute Gasteiger partial charge is 0.455 e. The first-order chi connectivity index (χ1) is 33.6. The van der Waals surface area contributed by atoms with Crippen LogP contribution in [0.15, 0.2) is 179 Å². The van der Waals surface area contributed by atoms with Gasteiger partial charge in [0.15, 0.2) is 0 Å². The predicted octanol–water partition coefficient (Wildman–Crippen LogP) is 18.8. The van der Waals surface area contributed by atoms with Crippen molar-refractivity contribution in [3.63, 3.8) is 0 Å². The van der Waals surface area contributed by atoms with Gasteiger partial charge in [-0.3, -0.25) is 0 Å². The van der Waals surface area contributed by atoms with E-state index in [1.165, 1.54) is 88.5 Å². The minimum atomic E-state index is -0.324. The van der Waals surface area contributed by atoms with Crippen molar-refractivity contribution in [2.75, 3.05) is 4.90 Å². The molecule has 0 bridgehead atoms. The van der Waals surface area contributed by atoms with Gasteiger partial charge in [0.1, 0.15) is 22.3 Å². The number of hydrogen-bond acceptors (Lipinski definition) is 3. The van der Waals surface area contributed by atoms with E-state index in [2.05, 4.69) is 237 Å². The van der Waals surface area contributed by atoms with Crippen LogP contribution in [0.1, 0.15) is 101 Å². The molecule has 0 fully saturated rings. The maximum Gasteiger partial charge on any atom is 0.144 e. The summed E-state index contributed by atoms with van der Waals surface area (Å²) >= 11 is 0. The van der Waals surface area contributed by atoms with E-state index in [-0.39, 0.29) is 21.7 Å². The van der Waals surface area contributed by atoms with Crippen LogP contribution in [0, 0.1) is 0 Å². The third-order valence-corrected chi connectivity index (χ3v) is 16.7. The van der Waals surface area contributed by atoms with Crippen molar-refractivity contribution in [2.24, 2.45) is 0 Å². The van der Waals surface area contributed by atoms with Gasteiger partial charge in [0.25, 0.3) is 0 Å². The van der Waals surface area contributed by atoms with Crippen molar-refractivity contribution >= 4 is 60.9 Å². The van der Waals surface area contributed by atoms with Crippen LogP contribution in [-0.2, 0) is 21.7 Å². The number of benzene rings is 9. The minimum absolute atomic E-state index is 0.0214. The highest BCUT2D eigenvalue weighted by Gasteiger charge is 2.49. The quantitative estimate of drug-likeness (QED) is 0.176. The Balaban J connectivity index is 0.993. The maximum atomic E-state index is 7.00. The number of nitrogens with zero attached hydrogens (tertiary/aromatic N) is 1. The molecular weight excluding hydrogens is 851 g/mol. The fourth-order valence-electron chi connectivity index (χ4n) is 13.3. The molecule has 3 heteroatoms. The molecule has 3 nitrogen and oxygen atoms in total. The van der Waals surface area contributed by atoms with Gasteiger partial charge in [-0.1, -0.05) is 178 Å². The zero-order valence-electron chi connectivity index (χ0n) is 41.4. The van der Waals surface area contributed by atoms with Crippen molar-refractivity contribution in [2.45, 2.75) is 84.0 Å². The third-order valence-electron chi connectivity index (χ3n) is 16.7. The molecule has 340 valence electrons. The second-order valence-corrected chi connectivity index (χ2v) is 22.8. The molecule has 14 rings (SSSR count). The molecule has 3 aliphatic rings. The van der Waals surface area contributed by atoms with E-state index < -0.39 is 0 Å². The molecule has 0 spiro atoms. The third kappa shape index (κ3) is 5.36. The smallest absolute Gasteiger partial charge is 0.144 e. The Labute approximate surface area is 410 Å². The average molecular weight is 906 g/mol. The first kappa shape index (κ1) is 41.4. The van der Waals surface area contributed by atoms with Crippen molar-refractivity contribution in [1.29, 1.82) is 0 Å². The van der Waals surface area contributed by atoms with Crippen molar-refractivity contribution in [3.8, 4) is 44.5 Å². The second-order valence-electron chi connectivity index (χ2n) is 22.8. The van der Waals surface area contributed by atoms with Crippen LogP contribution in [-0.4, -0.2) is 0 Å². The normalized spacial score (nSPS) is 15.6. The van der Waals surface area contributed by atoms with Crippen LogP contribution >= 0.6 is 0 Å². The van der Waals surface area contributed by atoms with Gasteiger partial charge in [-0.2, -0.15) is 0 Å². The standard InChI is InChI=1S/C67H55NO2/c1-64(2,3)39-27-29-40(30-28-39)68(41-31-33-44-50(35-41)65(4,5)52-37-48(38-19-11-10-12-20-38)62-57(55(44)52)46-22-14-17-25-53(46)69-62)42-32-34-45-51(36-42)67(8,9)60-56(45)58-47-23-15-18-26-54(47)70-63(58)59-43-21-13-16-24-49(43)66(6,7)61(59)60/h10-37H,1-9H3. The lowest BCUT2D eigenvalue weighted by Gasteiger charge is -2.32. The molecule has 0 saturated carbocycles. The van der Waals surface area contributed by atoms with E-state index in [0.29, 0.717) is 0 Å². The number of furan rings is 2. The summed E-state index contributed by atoms with van der Waals surface area (Å²) in [6.45, 7) is 21.4. The van der Waals surface area contributed by atoms with Crippen LogP contribution in [0.25, 0.3) is 88.4 Å². The molecular formula is C67H55NO2. The van der Waals surface area contributed by atoms with Gasteiger partial charge in [-0.25, -0.2) is 0 Å². The van der Waals surface area contributed by atoms with E-state index in [4.69, 9.17) is 8.83 Å². The van der Waals surface area contributed by atoms with E-state index in [1.54, 1.807) is 0 Å². The average Bonchev–Trinajstić information content (AvgIpc) is 4.11. The lowest BCUT2D eigenvalue weighted by molar-refractivity contribution is 0.590. The summed E-state index contributed by atoms with van der Waals surface area (Å²) in [5, 5.41) is 4.74. The zero-order valence-corrected chi connectivity index (χ0v) is 41.4. The molecule has 9 aromatic carbocycles. The Morgan fingerprint density at radius 3 is 1.54 bits per heavy atom. The summed E-state index contributed by atoms with van der Waals surface area (Å²) in [7, 11) is 0. The van der Waals surface area contributed by atoms with Gasteiger partial charge < -0.3 is 13.7 Å². The molecule has 3 aliphatic carbocycles. The fraction of sp³-hybridized carbons (Fsp3) is 0.194. The SMILES string of the molecule is CC(C)(C)c1ccc(N(c2ccc3c(c2)C(C)(C)c2cc(-c4ccccc4)c4oc5ccccc5c4c2-3)c2ccc3c(c2)C(C)(C)c2c4c(c5oc6ccccc6c5c2-3)-c2ccccc2C4(C)C)cc1. The molecule has 0 unspecified atom stereocenters. The monoisotopic (exact) mass is 905 g/mol. The lowest BCUT2D eigenvalue weighted by Crippen LogP contribution is -2.24. The van der Waals surface area contributed by atoms with Crippen molar-refractivity contribution in [3.05, 3.63) is 209 Å². The number of fused-ring (bicyclic) bond motifs is 19. The van der Waals surface area contributed by atoms with Crippen LogP contribution < -0.4 is 4.90 Å². The van der Waals surface area contributed by atoms with Crippen LogP contribution in [0.2, 0.25) is 0 Å². The Hall–Kier alpha value is -7.62. The van der Waals surface area contributed by atoms with Crippen LogP contribution in [0.3, 0.4) is 0 Å². The Morgan fingerprint density at radius 2 is 0.886 bits per heavy atom. The van der Waals surface area contributed by atoms with Gasteiger partial charge in [0.05, 0.1) is 0 Å². The molecule has 0 radical (unpaired) electrons. The van der Waals surface area contributed by atoms with E-state index in [0.717, 1.165) is 55.9 Å². The van der Waals surface area contributed by atoms with Crippen LogP contribution in [0.4, 0.5) is 17.1 Å². The number of hydrogen-bond donors (Lipinski definition) is 0.